The molecule has 2 saturated carbocycles. The first-order valence-corrected chi connectivity index (χ1v) is 16.4. The molecule has 0 bridgehead atoms. The fourth-order valence-electron chi connectivity index (χ4n) is 7.83. The van der Waals surface area contributed by atoms with E-state index in [1.54, 1.807) is 24.3 Å². The van der Waals surface area contributed by atoms with Gasteiger partial charge in [-0.1, -0.05) is 50.3 Å². The minimum absolute atomic E-state index is 0.222. The number of aromatic nitrogens is 2. The topological polar surface area (TPSA) is 105 Å². The number of hydrogen-bond acceptors (Lipinski definition) is 3. The maximum atomic E-state index is 13.9. The lowest BCUT2D eigenvalue weighted by Crippen LogP contribution is -2.55. The zero-order valence-corrected chi connectivity index (χ0v) is 25.6. The van der Waals surface area contributed by atoms with Gasteiger partial charge in [0.2, 0.25) is 5.91 Å². The van der Waals surface area contributed by atoms with Crippen LogP contribution in [0.4, 0.5) is 5.69 Å². The molecule has 2 fully saturated rings. The molecule has 3 heterocycles. The quantitative estimate of drug-likeness (QED) is 0.192. The highest BCUT2D eigenvalue weighted by molar-refractivity contribution is 6.06. The minimum atomic E-state index is -1.02. The van der Waals surface area contributed by atoms with Gasteiger partial charge in [-0.15, -0.1) is 0 Å². The SMILES string of the molecule is O=C(O)C=Cc1ccc(NC(=O)C2(NC(=O)c3ccc4c(C5CCCCC5)c5n(c4c3)CCCn3cccc3-5)CCCC2)cc1. The Hall–Kier alpha value is -4.59. The van der Waals surface area contributed by atoms with Gasteiger partial charge in [-0.2, -0.15) is 0 Å². The van der Waals surface area contributed by atoms with E-state index in [9.17, 15) is 14.4 Å². The highest BCUT2D eigenvalue weighted by Crippen LogP contribution is 2.45. The summed E-state index contributed by atoms with van der Waals surface area (Å²) in [4.78, 5) is 38.4. The molecule has 8 heteroatoms. The summed E-state index contributed by atoms with van der Waals surface area (Å²) in [5.74, 6) is -0.945. The van der Waals surface area contributed by atoms with Crippen molar-refractivity contribution in [2.75, 3.05) is 5.32 Å². The molecule has 3 aliphatic rings. The maximum absolute atomic E-state index is 13.9. The van der Waals surface area contributed by atoms with Crippen molar-refractivity contribution in [2.45, 2.75) is 88.8 Å². The summed E-state index contributed by atoms with van der Waals surface area (Å²) in [7, 11) is 0. The molecule has 0 spiro atoms. The van der Waals surface area contributed by atoms with Crippen LogP contribution in [0.2, 0.25) is 0 Å². The number of carbonyl (C=O) groups is 3. The van der Waals surface area contributed by atoms with Gasteiger partial charge in [0, 0.05) is 47.5 Å². The number of fused-ring (bicyclic) bond motifs is 5. The number of anilines is 1. The van der Waals surface area contributed by atoms with Crippen molar-refractivity contribution >= 4 is 40.4 Å². The van der Waals surface area contributed by atoms with Crippen LogP contribution < -0.4 is 10.6 Å². The number of carbonyl (C=O) groups excluding carboxylic acids is 2. The number of carboxylic acid groups (broad SMARTS) is 1. The predicted molar refractivity (Wildman–Crippen MR) is 176 cm³/mol. The number of nitrogens with zero attached hydrogens (tertiary/aromatic N) is 2. The summed E-state index contributed by atoms with van der Waals surface area (Å²) < 4.78 is 4.82. The maximum Gasteiger partial charge on any atom is 0.328 e. The molecule has 4 aromatic rings. The van der Waals surface area contributed by atoms with E-state index in [1.165, 1.54) is 60.5 Å². The van der Waals surface area contributed by atoms with Crippen molar-refractivity contribution in [3.05, 3.63) is 83.6 Å². The van der Waals surface area contributed by atoms with Crippen LogP contribution in [-0.4, -0.2) is 37.6 Å². The molecule has 45 heavy (non-hydrogen) atoms. The lowest BCUT2D eigenvalue weighted by atomic mass is 9.82. The number of carboxylic acids is 1. The molecule has 3 N–H and O–H groups in total. The molecular weight excluding hydrogens is 564 g/mol. The van der Waals surface area contributed by atoms with Crippen molar-refractivity contribution < 1.29 is 19.5 Å². The van der Waals surface area contributed by atoms with Gasteiger partial charge < -0.3 is 24.9 Å². The van der Waals surface area contributed by atoms with Gasteiger partial charge in [-0.25, -0.2) is 4.79 Å². The Morgan fingerprint density at radius 2 is 1.67 bits per heavy atom. The molecule has 0 atom stereocenters. The molecule has 0 saturated heterocycles. The number of nitrogens with one attached hydrogen (secondary N) is 2. The Morgan fingerprint density at radius 1 is 0.889 bits per heavy atom. The molecule has 8 nitrogen and oxygen atoms in total. The molecule has 2 aromatic carbocycles. The normalized spacial score (nSPS) is 18.0. The smallest absolute Gasteiger partial charge is 0.328 e. The summed E-state index contributed by atoms with van der Waals surface area (Å²) in [6.07, 6.45) is 14.9. The van der Waals surface area contributed by atoms with Crippen molar-refractivity contribution in [3.8, 4) is 11.4 Å². The zero-order chi connectivity index (χ0) is 31.0. The number of aliphatic carboxylic acids is 1. The van der Waals surface area contributed by atoms with E-state index in [4.69, 9.17) is 5.11 Å². The van der Waals surface area contributed by atoms with E-state index in [-0.39, 0.29) is 11.8 Å². The number of rotatable bonds is 7. The van der Waals surface area contributed by atoms with E-state index in [2.05, 4.69) is 44.2 Å². The number of aryl methyl sites for hydroxylation is 2. The largest absolute Gasteiger partial charge is 0.478 e. The predicted octanol–water partition coefficient (Wildman–Crippen LogP) is 7.34. The second kappa shape index (κ2) is 12.1. The Kier molecular flexibility index (Phi) is 7.81. The summed E-state index contributed by atoms with van der Waals surface area (Å²) in [6.45, 7) is 1.89. The van der Waals surface area contributed by atoms with Gasteiger partial charge in [0.25, 0.3) is 5.91 Å². The Bertz CT molecular complexity index is 1780. The highest BCUT2D eigenvalue weighted by Gasteiger charge is 2.43. The van der Waals surface area contributed by atoms with Crippen molar-refractivity contribution in [2.24, 2.45) is 0 Å². The average molecular weight is 605 g/mol. The number of hydrogen-bond donors (Lipinski definition) is 3. The van der Waals surface area contributed by atoms with Crippen LogP contribution in [0.25, 0.3) is 28.4 Å². The molecule has 0 radical (unpaired) electrons. The third-order valence-corrected chi connectivity index (χ3v) is 10.1. The lowest BCUT2D eigenvalue weighted by Gasteiger charge is -2.29. The van der Waals surface area contributed by atoms with E-state index < -0.39 is 11.5 Å². The Balaban J connectivity index is 1.18. The van der Waals surface area contributed by atoms with Crippen LogP contribution in [0, 0.1) is 0 Å². The van der Waals surface area contributed by atoms with Crippen LogP contribution in [0.15, 0.2) is 66.9 Å². The summed E-state index contributed by atoms with van der Waals surface area (Å²) in [5, 5.41) is 16.3. The molecule has 7 rings (SSSR count). The van der Waals surface area contributed by atoms with Gasteiger partial charge >= 0.3 is 5.97 Å². The van der Waals surface area contributed by atoms with Gasteiger partial charge in [0.05, 0.1) is 11.4 Å². The third-order valence-electron chi connectivity index (χ3n) is 10.1. The average Bonchev–Trinajstić information content (AvgIpc) is 3.77. The molecule has 2 aromatic heterocycles. The van der Waals surface area contributed by atoms with Gasteiger partial charge in [0.1, 0.15) is 5.54 Å². The Labute approximate surface area is 263 Å². The summed E-state index contributed by atoms with van der Waals surface area (Å²) >= 11 is 0. The highest BCUT2D eigenvalue weighted by atomic mass is 16.4. The van der Waals surface area contributed by atoms with Gasteiger partial charge in [-0.3, -0.25) is 9.59 Å². The molecular formula is C37H40N4O4. The van der Waals surface area contributed by atoms with Gasteiger partial charge in [0.15, 0.2) is 0 Å². The molecule has 2 amide bonds. The fraction of sp³-hybridized carbons (Fsp3) is 0.378. The van der Waals surface area contributed by atoms with Crippen LogP contribution >= 0.6 is 0 Å². The van der Waals surface area contributed by atoms with E-state index in [0.29, 0.717) is 30.0 Å². The van der Waals surface area contributed by atoms with E-state index in [1.807, 2.05) is 12.1 Å². The zero-order valence-electron chi connectivity index (χ0n) is 25.6. The van der Waals surface area contributed by atoms with Gasteiger partial charge in [-0.05, 0) is 91.6 Å². The first-order chi connectivity index (χ1) is 21.9. The van der Waals surface area contributed by atoms with E-state index in [0.717, 1.165) is 49.5 Å². The van der Waals surface area contributed by atoms with Crippen molar-refractivity contribution in [1.29, 1.82) is 0 Å². The van der Waals surface area contributed by atoms with Crippen LogP contribution in [0.1, 0.15) is 91.6 Å². The Morgan fingerprint density at radius 3 is 2.42 bits per heavy atom. The molecule has 232 valence electrons. The number of benzene rings is 2. The van der Waals surface area contributed by atoms with Crippen molar-refractivity contribution in [3.63, 3.8) is 0 Å². The second-order valence-corrected chi connectivity index (χ2v) is 12.9. The summed E-state index contributed by atoms with van der Waals surface area (Å²) in [6, 6.07) is 17.5. The molecule has 0 unspecified atom stereocenters. The first kappa shape index (κ1) is 29.1. The standard InChI is InChI=1S/C37H40N4O4/c42-32(43)18-13-25-11-15-28(16-12-25)38-36(45)37(19-4-5-20-37)39-35(44)27-14-17-29-31(24-27)41-23-7-22-40-21-6-10-30(40)34(41)33(29)26-8-2-1-3-9-26/h6,10-18,21,24,26H,1-5,7-9,19-20,22-23H2,(H,38,45)(H,39,44)(H,42,43). The van der Waals surface area contributed by atoms with Crippen molar-refractivity contribution in [1.82, 2.24) is 14.5 Å². The number of amides is 2. The lowest BCUT2D eigenvalue weighted by molar-refractivity contribution is -0.131. The molecule has 1 aliphatic heterocycles. The third kappa shape index (κ3) is 5.58. The van der Waals surface area contributed by atoms with E-state index >= 15 is 0 Å². The summed E-state index contributed by atoms with van der Waals surface area (Å²) in [5.41, 5.74) is 6.03. The second-order valence-electron chi connectivity index (χ2n) is 12.9. The fourth-order valence-corrected chi connectivity index (χ4v) is 7.83. The monoisotopic (exact) mass is 604 g/mol. The van der Waals surface area contributed by atoms with Crippen LogP contribution in [-0.2, 0) is 22.7 Å². The minimum Gasteiger partial charge on any atom is -0.478 e. The van der Waals surface area contributed by atoms with Crippen LogP contribution in [0.5, 0.6) is 0 Å². The van der Waals surface area contributed by atoms with Crippen LogP contribution in [0.3, 0.4) is 0 Å². The first-order valence-electron chi connectivity index (χ1n) is 16.4. The molecule has 2 aliphatic carbocycles.